The average Bonchev–Trinajstić information content (AvgIpc) is 2.28. The molecule has 3 heteroatoms. The molecule has 1 aliphatic heterocycles. The number of anilines is 1. The molecule has 1 aliphatic rings. The minimum Gasteiger partial charge on any atom is -0.497 e. The van der Waals surface area contributed by atoms with Gasteiger partial charge in [0.25, 0.3) is 0 Å². The topological polar surface area (TPSA) is 38.5 Å². The summed E-state index contributed by atoms with van der Waals surface area (Å²) in [6, 6.07) is 8.48. The normalized spacial score (nSPS) is 25.6. The van der Waals surface area contributed by atoms with Gasteiger partial charge in [0.1, 0.15) is 5.75 Å². The maximum atomic E-state index is 6.05. The lowest BCUT2D eigenvalue weighted by Crippen LogP contribution is -2.46. The predicted octanol–water partition coefficient (Wildman–Crippen LogP) is 1.87. The smallest absolute Gasteiger partial charge is 0.120 e. The first kappa shape index (κ1) is 11.3. The molecule has 2 rings (SSSR count). The standard InChI is InChI=1S/C13H20N2O/c1-10-6-11(14)9-15(8-10)12-4-3-5-13(7-12)16-2/h3-5,7,10-11H,6,8-9,14H2,1-2H3. The first-order chi connectivity index (χ1) is 7.69. The minimum atomic E-state index is 0.287. The van der Waals surface area contributed by atoms with E-state index >= 15 is 0 Å². The van der Waals surface area contributed by atoms with Crippen LogP contribution >= 0.6 is 0 Å². The third kappa shape index (κ3) is 2.47. The van der Waals surface area contributed by atoms with Gasteiger partial charge in [-0.2, -0.15) is 0 Å². The van der Waals surface area contributed by atoms with Gasteiger partial charge in [-0.15, -0.1) is 0 Å². The monoisotopic (exact) mass is 220 g/mol. The molecule has 1 fully saturated rings. The second-order valence-corrected chi connectivity index (χ2v) is 4.71. The zero-order chi connectivity index (χ0) is 11.5. The van der Waals surface area contributed by atoms with Crippen LogP contribution in [0, 0.1) is 5.92 Å². The Morgan fingerprint density at radius 1 is 1.38 bits per heavy atom. The Morgan fingerprint density at radius 2 is 2.19 bits per heavy atom. The summed E-state index contributed by atoms with van der Waals surface area (Å²) in [6.07, 6.45) is 1.13. The maximum absolute atomic E-state index is 6.05. The first-order valence-electron chi connectivity index (χ1n) is 5.83. The largest absolute Gasteiger partial charge is 0.497 e. The molecular weight excluding hydrogens is 200 g/mol. The second kappa shape index (κ2) is 4.74. The molecule has 1 aromatic carbocycles. The Bertz CT molecular complexity index is 344. The van der Waals surface area contributed by atoms with Crippen LogP contribution in [0.4, 0.5) is 5.69 Å². The molecule has 0 saturated carbocycles. The van der Waals surface area contributed by atoms with Crippen LogP contribution in [0.1, 0.15) is 13.3 Å². The molecular formula is C13H20N2O. The fourth-order valence-electron chi connectivity index (χ4n) is 2.42. The van der Waals surface area contributed by atoms with Crippen LogP contribution < -0.4 is 15.4 Å². The summed E-state index contributed by atoms with van der Waals surface area (Å²) in [6.45, 7) is 4.28. The summed E-state index contributed by atoms with van der Waals surface area (Å²) in [4.78, 5) is 2.35. The molecule has 16 heavy (non-hydrogen) atoms. The van der Waals surface area contributed by atoms with Gasteiger partial charge in [-0.1, -0.05) is 13.0 Å². The molecule has 1 saturated heterocycles. The van der Waals surface area contributed by atoms with Crippen molar-refractivity contribution >= 4 is 5.69 Å². The van der Waals surface area contributed by atoms with Gasteiger partial charge in [-0.3, -0.25) is 0 Å². The van der Waals surface area contributed by atoms with Gasteiger partial charge in [-0.05, 0) is 24.5 Å². The Labute approximate surface area is 97.2 Å². The lowest BCUT2D eigenvalue weighted by Gasteiger charge is -2.36. The second-order valence-electron chi connectivity index (χ2n) is 4.71. The Balaban J connectivity index is 2.16. The summed E-state index contributed by atoms with van der Waals surface area (Å²) < 4.78 is 5.24. The van der Waals surface area contributed by atoms with E-state index in [1.807, 2.05) is 12.1 Å². The molecule has 0 bridgehead atoms. The summed E-state index contributed by atoms with van der Waals surface area (Å²) in [5.41, 5.74) is 7.26. The minimum absolute atomic E-state index is 0.287. The van der Waals surface area contributed by atoms with E-state index in [0.29, 0.717) is 5.92 Å². The number of methoxy groups -OCH3 is 1. The Morgan fingerprint density at radius 3 is 2.88 bits per heavy atom. The molecule has 1 heterocycles. The Hall–Kier alpha value is -1.22. The number of rotatable bonds is 2. The van der Waals surface area contributed by atoms with Crippen LogP contribution in [-0.4, -0.2) is 26.2 Å². The maximum Gasteiger partial charge on any atom is 0.120 e. The predicted molar refractivity (Wildman–Crippen MR) is 67.0 cm³/mol. The van der Waals surface area contributed by atoms with Crippen molar-refractivity contribution in [1.82, 2.24) is 0 Å². The summed E-state index contributed by atoms with van der Waals surface area (Å²) in [7, 11) is 1.70. The van der Waals surface area contributed by atoms with E-state index in [1.54, 1.807) is 7.11 Å². The van der Waals surface area contributed by atoms with E-state index in [1.165, 1.54) is 5.69 Å². The highest BCUT2D eigenvalue weighted by Crippen LogP contribution is 2.25. The SMILES string of the molecule is COc1cccc(N2CC(C)CC(N)C2)c1. The molecule has 3 nitrogen and oxygen atoms in total. The lowest BCUT2D eigenvalue weighted by molar-refractivity contribution is 0.399. The highest BCUT2D eigenvalue weighted by atomic mass is 16.5. The average molecular weight is 220 g/mol. The van der Waals surface area contributed by atoms with Gasteiger partial charge in [0, 0.05) is 30.9 Å². The van der Waals surface area contributed by atoms with Crippen molar-refractivity contribution in [1.29, 1.82) is 0 Å². The van der Waals surface area contributed by atoms with Crippen molar-refractivity contribution in [3.63, 3.8) is 0 Å². The van der Waals surface area contributed by atoms with E-state index in [2.05, 4.69) is 24.0 Å². The van der Waals surface area contributed by atoms with Gasteiger partial charge in [0.05, 0.1) is 7.11 Å². The number of nitrogens with two attached hydrogens (primary N) is 1. The number of hydrogen-bond acceptors (Lipinski definition) is 3. The summed E-state index contributed by atoms with van der Waals surface area (Å²) in [5, 5.41) is 0. The van der Waals surface area contributed by atoms with Gasteiger partial charge < -0.3 is 15.4 Å². The molecule has 2 unspecified atom stereocenters. The molecule has 0 aliphatic carbocycles. The zero-order valence-electron chi connectivity index (χ0n) is 10.0. The highest BCUT2D eigenvalue weighted by Gasteiger charge is 2.22. The third-order valence-electron chi connectivity index (χ3n) is 3.11. The van der Waals surface area contributed by atoms with Crippen molar-refractivity contribution in [2.45, 2.75) is 19.4 Å². The van der Waals surface area contributed by atoms with Crippen molar-refractivity contribution in [3.05, 3.63) is 24.3 Å². The fraction of sp³-hybridized carbons (Fsp3) is 0.538. The van der Waals surface area contributed by atoms with Gasteiger partial charge in [-0.25, -0.2) is 0 Å². The quantitative estimate of drug-likeness (QED) is 0.827. The molecule has 2 atom stereocenters. The van der Waals surface area contributed by atoms with Crippen molar-refractivity contribution in [2.24, 2.45) is 11.7 Å². The van der Waals surface area contributed by atoms with Crippen LogP contribution in [-0.2, 0) is 0 Å². The molecule has 2 N–H and O–H groups in total. The number of ether oxygens (including phenoxy) is 1. The zero-order valence-corrected chi connectivity index (χ0v) is 10.0. The van der Waals surface area contributed by atoms with E-state index in [0.717, 1.165) is 25.3 Å². The van der Waals surface area contributed by atoms with Crippen LogP contribution in [0.15, 0.2) is 24.3 Å². The van der Waals surface area contributed by atoms with Crippen LogP contribution in [0.2, 0.25) is 0 Å². The van der Waals surface area contributed by atoms with Gasteiger partial charge >= 0.3 is 0 Å². The van der Waals surface area contributed by atoms with Crippen molar-refractivity contribution in [2.75, 3.05) is 25.1 Å². The van der Waals surface area contributed by atoms with Crippen LogP contribution in [0.5, 0.6) is 5.75 Å². The number of nitrogens with zero attached hydrogens (tertiary/aromatic N) is 1. The molecule has 0 spiro atoms. The first-order valence-corrected chi connectivity index (χ1v) is 5.83. The molecule has 88 valence electrons. The molecule has 0 amide bonds. The molecule has 0 aromatic heterocycles. The summed E-state index contributed by atoms with van der Waals surface area (Å²) in [5.74, 6) is 1.57. The van der Waals surface area contributed by atoms with Gasteiger partial charge in [0.15, 0.2) is 0 Å². The molecule has 0 radical (unpaired) electrons. The molecule has 1 aromatic rings. The van der Waals surface area contributed by atoms with Crippen molar-refractivity contribution < 1.29 is 4.74 Å². The number of benzene rings is 1. The summed E-state index contributed by atoms with van der Waals surface area (Å²) >= 11 is 0. The van der Waals surface area contributed by atoms with E-state index in [4.69, 9.17) is 10.5 Å². The Kier molecular flexibility index (Phi) is 3.34. The number of piperidine rings is 1. The van der Waals surface area contributed by atoms with E-state index in [9.17, 15) is 0 Å². The fourth-order valence-corrected chi connectivity index (χ4v) is 2.42. The van der Waals surface area contributed by atoms with E-state index in [-0.39, 0.29) is 6.04 Å². The highest BCUT2D eigenvalue weighted by molar-refractivity contribution is 5.51. The van der Waals surface area contributed by atoms with E-state index < -0.39 is 0 Å². The number of hydrogen-bond donors (Lipinski definition) is 1. The van der Waals surface area contributed by atoms with Crippen LogP contribution in [0.3, 0.4) is 0 Å². The third-order valence-corrected chi connectivity index (χ3v) is 3.11. The van der Waals surface area contributed by atoms with Crippen LogP contribution in [0.25, 0.3) is 0 Å². The lowest BCUT2D eigenvalue weighted by atomic mass is 9.96. The van der Waals surface area contributed by atoms with Gasteiger partial charge in [0.2, 0.25) is 0 Å². The van der Waals surface area contributed by atoms with Crippen molar-refractivity contribution in [3.8, 4) is 5.75 Å².